The molecule has 0 saturated carbocycles. The van der Waals surface area contributed by atoms with Gasteiger partial charge in [0, 0.05) is 0 Å². The van der Waals surface area contributed by atoms with E-state index >= 15 is 0 Å². The lowest BCUT2D eigenvalue weighted by Gasteiger charge is -1.86. The van der Waals surface area contributed by atoms with Crippen LogP contribution < -0.4 is 0 Å². The van der Waals surface area contributed by atoms with E-state index in [9.17, 15) is 0 Å². The van der Waals surface area contributed by atoms with Crippen molar-refractivity contribution in [2.45, 2.75) is 27.7 Å². The number of allylic oxidation sites excluding steroid dienone is 2. The molecule has 0 aromatic carbocycles. The molecule has 0 heterocycles. The first-order valence-corrected chi connectivity index (χ1v) is 3.24. The Balaban J connectivity index is 3.53. The molecule has 0 bridgehead atoms. The highest BCUT2D eigenvalue weighted by Crippen LogP contribution is 1.89. The van der Waals surface area contributed by atoms with Crippen LogP contribution in [0.4, 0.5) is 0 Å². The van der Waals surface area contributed by atoms with Crippen LogP contribution in [0.3, 0.4) is 0 Å². The van der Waals surface area contributed by atoms with Crippen molar-refractivity contribution in [3.05, 3.63) is 23.1 Å². The summed E-state index contributed by atoms with van der Waals surface area (Å²) in [7, 11) is 2.07. The first kappa shape index (κ1) is 8.54. The average molecular weight is 121 g/mol. The van der Waals surface area contributed by atoms with E-state index in [4.69, 9.17) is 0 Å². The molecule has 0 aliphatic heterocycles. The minimum Gasteiger partial charge on any atom is -0.118 e. The van der Waals surface area contributed by atoms with Crippen LogP contribution >= 0.6 is 0 Å². The highest BCUT2D eigenvalue weighted by Gasteiger charge is 1.78. The summed E-state index contributed by atoms with van der Waals surface area (Å²) in [5.74, 6) is 4.21. The van der Waals surface area contributed by atoms with E-state index < -0.39 is 0 Å². The highest BCUT2D eigenvalue weighted by atomic mass is 13.7. The SMILES string of the molecule is CC(C)=C[B]C=C(C)C. The molecule has 1 heteroatoms. The van der Waals surface area contributed by atoms with E-state index in [0.717, 1.165) is 0 Å². The van der Waals surface area contributed by atoms with Crippen LogP contribution in [0.1, 0.15) is 27.7 Å². The second-order valence-corrected chi connectivity index (χ2v) is 2.68. The molecule has 0 unspecified atom stereocenters. The van der Waals surface area contributed by atoms with Gasteiger partial charge >= 0.3 is 0 Å². The van der Waals surface area contributed by atoms with Crippen LogP contribution in [-0.4, -0.2) is 7.28 Å². The maximum atomic E-state index is 2.10. The molecule has 0 fully saturated rings. The van der Waals surface area contributed by atoms with Gasteiger partial charge in [-0.2, -0.15) is 0 Å². The van der Waals surface area contributed by atoms with Gasteiger partial charge in [-0.25, -0.2) is 0 Å². The Bertz CT molecular complexity index is 108. The zero-order valence-corrected chi connectivity index (χ0v) is 6.73. The largest absolute Gasteiger partial charge is 0.171 e. The van der Waals surface area contributed by atoms with E-state index in [1.807, 2.05) is 0 Å². The normalized spacial score (nSPS) is 8.00. The maximum Gasteiger partial charge on any atom is 0.171 e. The Morgan fingerprint density at radius 1 is 0.889 bits per heavy atom. The second kappa shape index (κ2) is 4.43. The van der Waals surface area contributed by atoms with Crippen molar-refractivity contribution >= 4 is 7.28 Å². The van der Waals surface area contributed by atoms with Crippen LogP contribution in [0.5, 0.6) is 0 Å². The minimum absolute atomic E-state index is 1.34. The van der Waals surface area contributed by atoms with Gasteiger partial charge in [-0.05, 0) is 27.7 Å². The molecule has 0 aliphatic carbocycles. The van der Waals surface area contributed by atoms with Crippen molar-refractivity contribution in [1.29, 1.82) is 0 Å². The molecule has 9 heavy (non-hydrogen) atoms. The van der Waals surface area contributed by atoms with Crippen molar-refractivity contribution in [2.75, 3.05) is 0 Å². The molecule has 0 saturated heterocycles. The maximum absolute atomic E-state index is 2.10. The third-order valence-electron chi connectivity index (χ3n) is 0.859. The van der Waals surface area contributed by atoms with E-state index in [0.29, 0.717) is 0 Å². The average Bonchev–Trinajstić information content (AvgIpc) is 1.63. The summed E-state index contributed by atoms with van der Waals surface area (Å²) in [6.07, 6.45) is 0. The fourth-order valence-electron chi connectivity index (χ4n) is 0.433. The molecule has 0 N–H and O–H groups in total. The van der Waals surface area contributed by atoms with E-state index in [2.05, 4.69) is 46.9 Å². The minimum atomic E-state index is 1.34. The number of rotatable bonds is 2. The molecule has 0 aliphatic rings. The fraction of sp³-hybridized carbons (Fsp3) is 0.500. The molecular weight excluding hydrogens is 107 g/mol. The van der Waals surface area contributed by atoms with E-state index in [-0.39, 0.29) is 0 Å². The van der Waals surface area contributed by atoms with Gasteiger partial charge in [-0.1, -0.05) is 11.1 Å². The molecule has 1 radical (unpaired) electrons. The van der Waals surface area contributed by atoms with Crippen molar-refractivity contribution in [3.8, 4) is 0 Å². The standard InChI is InChI=1S/C8H14B/c1-7(2)5-9-6-8(3)4/h5-6H,1-4H3. The zero-order valence-electron chi connectivity index (χ0n) is 6.73. The fourth-order valence-corrected chi connectivity index (χ4v) is 0.433. The van der Waals surface area contributed by atoms with Gasteiger partial charge in [0.15, 0.2) is 7.28 Å². The predicted molar refractivity (Wildman–Crippen MR) is 44.6 cm³/mol. The summed E-state index contributed by atoms with van der Waals surface area (Å²) in [4.78, 5) is 0. The van der Waals surface area contributed by atoms with Gasteiger partial charge in [-0.15, -0.1) is 12.0 Å². The molecule has 0 amide bonds. The van der Waals surface area contributed by atoms with Gasteiger partial charge in [0.25, 0.3) is 0 Å². The summed E-state index contributed by atoms with van der Waals surface area (Å²) in [6.45, 7) is 8.37. The third kappa shape index (κ3) is 7.54. The van der Waals surface area contributed by atoms with Gasteiger partial charge in [-0.3, -0.25) is 0 Å². The quantitative estimate of drug-likeness (QED) is 0.492. The topological polar surface area (TPSA) is 0 Å². The lowest BCUT2D eigenvalue weighted by Crippen LogP contribution is -1.80. The van der Waals surface area contributed by atoms with Crippen LogP contribution in [0.25, 0.3) is 0 Å². The number of hydrogen-bond acceptors (Lipinski definition) is 0. The van der Waals surface area contributed by atoms with E-state index in [1.54, 1.807) is 0 Å². The van der Waals surface area contributed by atoms with Crippen LogP contribution in [-0.2, 0) is 0 Å². The lowest BCUT2D eigenvalue weighted by atomic mass is 9.76. The van der Waals surface area contributed by atoms with Gasteiger partial charge in [0.05, 0.1) is 0 Å². The third-order valence-corrected chi connectivity index (χ3v) is 0.859. The summed E-state index contributed by atoms with van der Waals surface area (Å²) >= 11 is 0. The summed E-state index contributed by atoms with van der Waals surface area (Å²) in [5.41, 5.74) is 2.68. The van der Waals surface area contributed by atoms with Crippen molar-refractivity contribution in [3.63, 3.8) is 0 Å². The first-order chi connectivity index (χ1) is 4.13. The molecule has 0 aromatic rings. The van der Waals surface area contributed by atoms with Crippen LogP contribution in [0.15, 0.2) is 23.1 Å². The molecule has 0 rings (SSSR count). The summed E-state index contributed by atoms with van der Waals surface area (Å²) in [6, 6.07) is 0. The van der Waals surface area contributed by atoms with Crippen molar-refractivity contribution < 1.29 is 0 Å². The summed E-state index contributed by atoms with van der Waals surface area (Å²) < 4.78 is 0. The lowest BCUT2D eigenvalue weighted by molar-refractivity contribution is 1.40. The van der Waals surface area contributed by atoms with Crippen LogP contribution in [0.2, 0.25) is 0 Å². The Hall–Kier alpha value is -0.455. The van der Waals surface area contributed by atoms with Gasteiger partial charge in [0.2, 0.25) is 0 Å². The Morgan fingerprint density at radius 2 is 1.22 bits per heavy atom. The van der Waals surface area contributed by atoms with E-state index in [1.165, 1.54) is 11.1 Å². The van der Waals surface area contributed by atoms with Crippen LogP contribution in [0, 0.1) is 0 Å². The number of hydrogen-bond donors (Lipinski definition) is 0. The van der Waals surface area contributed by atoms with Gasteiger partial charge < -0.3 is 0 Å². The Kier molecular flexibility index (Phi) is 4.20. The molecular formula is C8H14B. The Labute approximate surface area is 58.9 Å². The second-order valence-electron chi connectivity index (χ2n) is 2.68. The summed E-state index contributed by atoms with van der Waals surface area (Å²) in [5, 5.41) is 0. The monoisotopic (exact) mass is 121 g/mol. The highest BCUT2D eigenvalue weighted by molar-refractivity contribution is 6.48. The molecule has 49 valence electrons. The molecule has 0 spiro atoms. The molecule has 0 atom stereocenters. The molecule has 0 nitrogen and oxygen atoms in total. The smallest absolute Gasteiger partial charge is 0.118 e. The zero-order chi connectivity index (χ0) is 7.28. The van der Waals surface area contributed by atoms with Crippen molar-refractivity contribution in [1.82, 2.24) is 0 Å². The van der Waals surface area contributed by atoms with Crippen molar-refractivity contribution in [2.24, 2.45) is 0 Å². The Morgan fingerprint density at radius 3 is 1.44 bits per heavy atom. The first-order valence-electron chi connectivity index (χ1n) is 3.24. The molecule has 0 aromatic heterocycles. The predicted octanol–water partition coefficient (Wildman–Crippen LogP) is 2.54. The van der Waals surface area contributed by atoms with Gasteiger partial charge in [0.1, 0.15) is 0 Å².